The molecule has 0 radical (unpaired) electrons. The number of nitriles is 1. The van der Waals surface area contributed by atoms with E-state index in [-0.39, 0.29) is 0 Å². The first-order valence-electron chi connectivity index (χ1n) is 6.67. The van der Waals surface area contributed by atoms with Crippen molar-refractivity contribution in [1.29, 1.82) is 5.26 Å². The molecule has 1 fully saturated rings. The van der Waals surface area contributed by atoms with E-state index in [1.54, 1.807) is 6.07 Å². The van der Waals surface area contributed by atoms with Crippen LogP contribution in [0.5, 0.6) is 0 Å². The third kappa shape index (κ3) is 3.37. The molecule has 1 aliphatic heterocycles. The molecule has 1 atom stereocenters. The maximum Gasteiger partial charge on any atom is 0.132 e. The van der Waals surface area contributed by atoms with E-state index < -0.39 is 0 Å². The molecule has 19 heavy (non-hydrogen) atoms. The highest BCUT2D eigenvalue weighted by molar-refractivity contribution is 6.29. The molecule has 0 saturated carbocycles. The second kappa shape index (κ2) is 6.23. The van der Waals surface area contributed by atoms with Crippen molar-refractivity contribution in [2.24, 2.45) is 0 Å². The molecule has 0 aromatic carbocycles. The lowest BCUT2D eigenvalue weighted by Crippen LogP contribution is -2.40. The van der Waals surface area contributed by atoms with Crippen molar-refractivity contribution < 1.29 is 0 Å². The normalized spacial score (nSPS) is 20.9. The molecule has 2 rings (SSSR count). The average Bonchev–Trinajstić information content (AvgIpc) is 2.59. The summed E-state index contributed by atoms with van der Waals surface area (Å²) in [5.74, 6) is 0.825. The SMILES string of the molecule is CCC1CN(C)CCCN1c1cc(C#N)cc(Cl)n1. The highest BCUT2D eigenvalue weighted by atomic mass is 35.5. The molecule has 4 nitrogen and oxygen atoms in total. The van der Waals surface area contributed by atoms with Gasteiger partial charge in [0.2, 0.25) is 0 Å². The van der Waals surface area contributed by atoms with Crippen LogP contribution in [0.3, 0.4) is 0 Å². The van der Waals surface area contributed by atoms with E-state index in [4.69, 9.17) is 16.9 Å². The van der Waals surface area contributed by atoms with Crippen LogP contribution in [0, 0.1) is 11.3 Å². The highest BCUT2D eigenvalue weighted by Crippen LogP contribution is 2.23. The first kappa shape index (κ1) is 14.1. The average molecular weight is 279 g/mol. The van der Waals surface area contributed by atoms with Crippen molar-refractivity contribution in [1.82, 2.24) is 9.88 Å². The van der Waals surface area contributed by atoms with Crippen molar-refractivity contribution in [3.63, 3.8) is 0 Å². The number of pyridine rings is 1. The second-order valence-corrected chi connectivity index (χ2v) is 5.41. The van der Waals surface area contributed by atoms with Gasteiger partial charge in [0.05, 0.1) is 11.6 Å². The Morgan fingerprint density at radius 2 is 2.26 bits per heavy atom. The largest absolute Gasteiger partial charge is 0.352 e. The van der Waals surface area contributed by atoms with E-state index in [0.717, 1.165) is 38.3 Å². The Kier molecular flexibility index (Phi) is 4.62. The predicted molar refractivity (Wildman–Crippen MR) is 77.5 cm³/mol. The van der Waals surface area contributed by atoms with E-state index in [1.165, 1.54) is 0 Å². The molecule has 1 unspecified atom stereocenters. The first-order chi connectivity index (χ1) is 9.13. The minimum Gasteiger partial charge on any atom is -0.352 e. The van der Waals surface area contributed by atoms with Gasteiger partial charge in [-0.05, 0) is 38.6 Å². The Labute approximate surface area is 119 Å². The lowest BCUT2D eigenvalue weighted by atomic mass is 10.1. The maximum atomic E-state index is 9.04. The fourth-order valence-corrected chi connectivity index (χ4v) is 2.79. The maximum absolute atomic E-state index is 9.04. The standard InChI is InChI=1S/C14H19ClN4/c1-3-12-10-18(2)5-4-6-19(12)14-8-11(9-16)7-13(15)17-14/h7-8,12H,3-6,10H2,1-2H3. The third-order valence-electron chi connectivity index (χ3n) is 3.58. The van der Waals surface area contributed by atoms with Gasteiger partial charge in [0.15, 0.2) is 0 Å². The number of aromatic nitrogens is 1. The molecule has 1 aliphatic rings. The van der Waals surface area contributed by atoms with Crippen molar-refractivity contribution in [3.05, 3.63) is 22.8 Å². The van der Waals surface area contributed by atoms with Gasteiger partial charge >= 0.3 is 0 Å². The Balaban J connectivity index is 2.32. The topological polar surface area (TPSA) is 43.2 Å². The summed E-state index contributed by atoms with van der Waals surface area (Å²) in [5.41, 5.74) is 0.572. The molecular formula is C14H19ClN4. The van der Waals surface area contributed by atoms with Crippen LogP contribution in [0.4, 0.5) is 5.82 Å². The molecule has 0 bridgehead atoms. The fourth-order valence-electron chi connectivity index (χ4n) is 2.59. The van der Waals surface area contributed by atoms with Gasteiger partial charge in [-0.3, -0.25) is 0 Å². The molecule has 0 amide bonds. The van der Waals surface area contributed by atoms with E-state index in [9.17, 15) is 0 Å². The van der Waals surface area contributed by atoms with Gasteiger partial charge in [0, 0.05) is 19.1 Å². The quantitative estimate of drug-likeness (QED) is 0.780. The number of rotatable bonds is 2. The zero-order valence-electron chi connectivity index (χ0n) is 11.4. The summed E-state index contributed by atoms with van der Waals surface area (Å²) < 4.78 is 0. The molecular weight excluding hydrogens is 260 g/mol. The molecule has 2 heterocycles. The minimum atomic E-state index is 0.390. The molecule has 0 N–H and O–H groups in total. The van der Waals surface area contributed by atoms with Crippen molar-refractivity contribution >= 4 is 17.4 Å². The van der Waals surface area contributed by atoms with Gasteiger partial charge in [-0.1, -0.05) is 18.5 Å². The number of anilines is 1. The lowest BCUT2D eigenvalue weighted by molar-refractivity contribution is 0.327. The first-order valence-corrected chi connectivity index (χ1v) is 7.04. The monoisotopic (exact) mass is 278 g/mol. The summed E-state index contributed by atoms with van der Waals surface area (Å²) >= 11 is 6.01. The van der Waals surface area contributed by atoms with Crippen LogP contribution in [0.25, 0.3) is 0 Å². The Hall–Kier alpha value is -1.31. The summed E-state index contributed by atoms with van der Waals surface area (Å²) in [7, 11) is 2.15. The van der Waals surface area contributed by atoms with E-state index in [1.807, 2.05) is 6.07 Å². The zero-order chi connectivity index (χ0) is 13.8. The molecule has 0 aliphatic carbocycles. The summed E-state index contributed by atoms with van der Waals surface area (Å²) in [5, 5.41) is 9.43. The summed E-state index contributed by atoms with van der Waals surface area (Å²) in [6.07, 6.45) is 2.16. The molecule has 1 aromatic heterocycles. The minimum absolute atomic E-state index is 0.390. The number of likely N-dealkylation sites (N-methyl/N-ethyl adjacent to an activating group) is 1. The number of hydrogen-bond acceptors (Lipinski definition) is 4. The van der Waals surface area contributed by atoms with E-state index in [0.29, 0.717) is 16.8 Å². The van der Waals surface area contributed by atoms with E-state index in [2.05, 4.69) is 34.8 Å². The predicted octanol–water partition coefficient (Wildman–Crippen LogP) is 2.53. The number of hydrogen-bond donors (Lipinski definition) is 0. The number of halogens is 1. The second-order valence-electron chi connectivity index (χ2n) is 5.02. The van der Waals surface area contributed by atoms with Crippen LogP contribution in [-0.2, 0) is 0 Å². The number of nitrogens with zero attached hydrogens (tertiary/aromatic N) is 4. The summed E-state index contributed by atoms with van der Waals surface area (Å²) in [6.45, 7) is 5.26. The third-order valence-corrected chi connectivity index (χ3v) is 3.77. The van der Waals surface area contributed by atoms with Gasteiger partial charge in [0.25, 0.3) is 0 Å². The summed E-state index contributed by atoms with van der Waals surface area (Å²) in [6, 6.07) is 6.00. The highest BCUT2D eigenvalue weighted by Gasteiger charge is 2.23. The molecule has 0 spiro atoms. The van der Waals surface area contributed by atoms with Crippen molar-refractivity contribution in [3.8, 4) is 6.07 Å². The molecule has 1 aromatic rings. The van der Waals surface area contributed by atoms with Crippen LogP contribution >= 0.6 is 11.6 Å². The van der Waals surface area contributed by atoms with Gasteiger partial charge < -0.3 is 9.80 Å². The van der Waals surface area contributed by atoms with Crippen molar-refractivity contribution in [2.75, 3.05) is 31.6 Å². The van der Waals surface area contributed by atoms with Crippen LogP contribution < -0.4 is 4.90 Å². The molecule has 5 heteroatoms. The fraction of sp³-hybridized carbons (Fsp3) is 0.571. The van der Waals surface area contributed by atoms with Crippen LogP contribution in [0.2, 0.25) is 5.15 Å². The van der Waals surface area contributed by atoms with Crippen molar-refractivity contribution in [2.45, 2.75) is 25.8 Å². The van der Waals surface area contributed by atoms with E-state index >= 15 is 0 Å². The van der Waals surface area contributed by atoms with Gasteiger partial charge in [-0.2, -0.15) is 5.26 Å². The van der Waals surface area contributed by atoms with Gasteiger partial charge in [-0.25, -0.2) is 4.98 Å². The van der Waals surface area contributed by atoms with Gasteiger partial charge in [-0.15, -0.1) is 0 Å². The van der Waals surface area contributed by atoms with Gasteiger partial charge in [0.1, 0.15) is 11.0 Å². The molecule has 1 saturated heterocycles. The Morgan fingerprint density at radius 1 is 1.47 bits per heavy atom. The van der Waals surface area contributed by atoms with Crippen LogP contribution in [0.1, 0.15) is 25.3 Å². The lowest BCUT2D eigenvalue weighted by Gasteiger charge is -2.31. The Morgan fingerprint density at radius 3 is 2.95 bits per heavy atom. The van der Waals surface area contributed by atoms with Crippen LogP contribution in [0.15, 0.2) is 12.1 Å². The Bertz CT molecular complexity index is 483. The smallest absolute Gasteiger partial charge is 0.132 e. The molecule has 102 valence electrons. The van der Waals surface area contributed by atoms with Crippen LogP contribution in [-0.4, -0.2) is 42.6 Å². The zero-order valence-corrected chi connectivity index (χ0v) is 12.2. The summed E-state index contributed by atoms with van der Waals surface area (Å²) in [4.78, 5) is 9.03.